The van der Waals surface area contributed by atoms with E-state index >= 15 is 0 Å². The van der Waals surface area contributed by atoms with E-state index in [1.54, 1.807) is 0 Å². The third kappa shape index (κ3) is 6.94. The molecule has 0 aliphatic carbocycles. The van der Waals surface area contributed by atoms with E-state index in [2.05, 4.69) is 22.8 Å². The minimum Gasteiger partial charge on any atom is -0.480 e. The van der Waals surface area contributed by atoms with Crippen molar-refractivity contribution >= 4 is 5.97 Å². The zero-order valence-corrected chi connectivity index (χ0v) is 13.9. The minimum absolute atomic E-state index is 0.487. The number of nitrogens with one attached hydrogen (secondary N) is 2. The van der Waals surface area contributed by atoms with Gasteiger partial charge < -0.3 is 15.7 Å². The maximum absolute atomic E-state index is 11.3. The average molecular weight is 326 g/mol. The predicted molar refractivity (Wildman–Crippen MR) is 96.7 cm³/mol. The van der Waals surface area contributed by atoms with Gasteiger partial charge in [-0.3, -0.25) is 4.79 Å². The molecule has 3 N–H and O–H groups in total. The molecule has 0 aromatic heterocycles. The number of carboxylic acids is 1. The zero-order chi connectivity index (χ0) is 17.0. The van der Waals surface area contributed by atoms with Gasteiger partial charge in [-0.15, -0.1) is 0 Å². The first kappa shape index (κ1) is 18.2. The number of rotatable bonds is 11. The molecule has 0 bridgehead atoms. The summed E-state index contributed by atoms with van der Waals surface area (Å²) < 4.78 is 0. The van der Waals surface area contributed by atoms with Crippen LogP contribution in [0.5, 0.6) is 0 Å². The molecule has 0 spiro atoms. The molecular formula is C20H26N2O2. The van der Waals surface area contributed by atoms with Crippen molar-refractivity contribution in [3.63, 3.8) is 0 Å². The van der Waals surface area contributed by atoms with Gasteiger partial charge >= 0.3 is 5.97 Å². The van der Waals surface area contributed by atoms with Crippen molar-refractivity contribution in [2.75, 3.05) is 6.54 Å². The zero-order valence-electron chi connectivity index (χ0n) is 13.9. The van der Waals surface area contributed by atoms with E-state index in [0.717, 1.165) is 31.5 Å². The fourth-order valence-corrected chi connectivity index (χ4v) is 2.58. The van der Waals surface area contributed by atoms with Gasteiger partial charge in [-0.1, -0.05) is 67.1 Å². The van der Waals surface area contributed by atoms with Crippen LogP contribution in [0, 0.1) is 0 Å². The molecular weight excluding hydrogens is 300 g/mol. The van der Waals surface area contributed by atoms with Crippen LogP contribution in [0.1, 0.15) is 30.4 Å². The Morgan fingerprint density at radius 2 is 1.46 bits per heavy atom. The van der Waals surface area contributed by atoms with Gasteiger partial charge in [0.2, 0.25) is 0 Å². The summed E-state index contributed by atoms with van der Waals surface area (Å²) in [5.74, 6) is -0.775. The van der Waals surface area contributed by atoms with Crippen LogP contribution in [0.4, 0.5) is 0 Å². The second-order valence-electron chi connectivity index (χ2n) is 5.92. The van der Waals surface area contributed by atoms with Crippen LogP contribution in [0.3, 0.4) is 0 Å². The first-order valence-corrected chi connectivity index (χ1v) is 8.50. The molecule has 0 saturated carbocycles. The second-order valence-corrected chi connectivity index (χ2v) is 5.92. The van der Waals surface area contributed by atoms with Crippen LogP contribution in [0.2, 0.25) is 0 Å². The van der Waals surface area contributed by atoms with Crippen molar-refractivity contribution in [3.8, 4) is 0 Å². The molecule has 0 saturated heterocycles. The topological polar surface area (TPSA) is 61.4 Å². The highest BCUT2D eigenvalue weighted by Gasteiger charge is 2.15. The van der Waals surface area contributed by atoms with E-state index < -0.39 is 12.0 Å². The van der Waals surface area contributed by atoms with Crippen LogP contribution in [-0.4, -0.2) is 23.7 Å². The third-order valence-corrected chi connectivity index (χ3v) is 3.96. The highest BCUT2D eigenvalue weighted by Crippen LogP contribution is 2.04. The van der Waals surface area contributed by atoms with Gasteiger partial charge in [0.1, 0.15) is 6.04 Å². The fraction of sp³-hybridized carbons (Fsp3) is 0.350. The molecule has 128 valence electrons. The molecule has 2 aromatic rings. The summed E-state index contributed by atoms with van der Waals surface area (Å²) in [5.41, 5.74) is 2.37. The number of hydrogen-bond acceptors (Lipinski definition) is 3. The molecule has 2 aromatic carbocycles. The Balaban J connectivity index is 1.60. The van der Waals surface area contributed by atoms with Crippen molar-refractivity contribution in [1.29, 1.82) is 0 Å². The van der Waals surface area contributed by atoms with E-state index in [0.29, 0.717) is 13.0 Å². The van der Waals surface area contributed by atoms with Gasteiger partial charge in [-0.2, -0.15) is 0 Å². The first-order valence-electron chi connectivity index (χ1n) is 8.50. The smallest absolute Gasteiger partial charge is 0.320 e. The van der Waals surface area contributed by atoms with Gasteiger partial charge in [-0.25, -0.2) is 0 Å². The Morgan fingerprint density at radius 3 is 2.04 bits per heavy atom. The average Bonchev–Trinajstić information content (AvgIpc) is 2.62. The second kappa shape index (κ2) is 10.6. The molecule has 0 radical (unpaired) electrons. The lowest BCUT2D eigenvalue weighted by atomic mass is 10.1. The van der Waals surface area contributed by atoms with Gasteiger partial charge in [0.15, 0.2) is 0 Å². The van der Waals surface area contributed by atoms with E-state index in [1.807, 2.05) is 48.5 Å². The molecule has 0 fully saturated rings. The van der Waals surface area contributed by atoms with Crippen LogP contribution in [-0.2, 0) is 17.9 Å². The summed E-state index contributed by atoms with van der Waals surface area (Å²) in [6.07, 6.45) is 2.51. The molecule has 1 atom stereocenters. The van der Waals surface area contributed by atoms with E-state index in [9.17, 15) is 9.90 Å². The molecule has 2 rings (SSSR count). The minimum atomic E-state index is -0.775. The lowest BCUT2D eigenvalue weighted by molar-refractivity contribution is -0.139. The Kier molecular flexibility index (Phi) is 8.01. The molecule has 24 heavy (non-hydrogen) atoms. The predicted octanol–water partition coefficient (Wildman–Crippen LogP) is 3.19. The lowest BCUT2D eigenvalue weighted by Gasteiger charge is -2.14. The van der Waals surface area contributed by atoms with Gasteiger partial charge in [0.05, 0.1) is 0 Å². The van der Waals surface area contributed by atoms with Gasteiger partial charge in [0.25, 0.3) is 0 Å². The fourth-order valence-electron chi connectivity index (χ4n) is 2.58. The van der Waals surface area contributed by atoms with E-state index in [1.165, 1.54) is 5.56 Å². The van der Waals surface area contributed by atoms with Crippen molar-refractivity contribution < 1.29 is 9.90 Å². The third-order valence-electron chi connectivity index (χ3n) is 3.96. The molecule has 0 aliphatic rings. The van der Waals surface area contributed by atoms with Crippen molar-refractivity contribution in [1.82, 2.24) is 10.6 Å². The molecule has 4 nitrogen and oxygen atoms in total. The lowest BCUT2D eigenvalue weighted by Crippen LogP contribution is -2.36. The summed E-state index contributed by atoms with van der Waals surface area (Å²) >= 11 is 0. The Morgan fingerprint density at radius 1 is 0.875 bits per heavy atom. The number of hydrogen-bond donors (Lipinski definition) is 3. The summed E-state index contributed by atoms with van der Waals surface area (Å²) in [6.45, 7) is 2.35. The number of benzene rings is 2. The molecule has 1 unspecified atom stereocenters. The summed E-state index contributed by atoms with van der Waals surface area (Å²) in [5, 5.41) is 15.9. The normalized spacial score (nSPS) is 12.0. The number of aliphatic carboxylic acids is 1. The monoisotopic (exact) mass is 326 g/mol. The largest absolute Gasteiger partial charge is 0.480 e. The van der Waals surface area contributed by atoms with Crippen molar-refractivity contribution in [3.05, 3.63) is 71.8 Å². The maximum atomic E-state index is 11.3. The summed E-state index contributed by atoms with van der Waals surface area (Å²) in [6, 6.07) is 19.7. The van der Waals surface area contributed by atoms with Gasteiger partial charge in [0, 0.05) is 13.1 Å². The summed E-state index contributed by atoms with van der Waals surface area (Å²) in [7, 11) is 0. The van der Waals surface area contributed by atoms with Crippen LogP contribution in [0.25, 0.3) is 0 Å². The van der Waals surface area contributed by atoms with Crippen molar-refractivity contribution in [2.24, 2.45) is 0 Å². The van der Waals surface area contributed by atoms with Crippen molar-refractivity contribution in [2.45, 2.75) is 38.4 Å². The van der Waals surface area contributed by atoms with Crippen LogP contribution in [0.15, 0.2) is 60.7 Å². The summed E-state index contributed by atoms with van der Waals surface area (Å²) in [4.78, 5) is 11.3. The molecule has 0 heterocycles. The Bertz CT molecular complexity index is 587. The molecule has 0 aliphatic heterocycles. The quantitative estimate of drug-likeness (QED) is 0.555. The standard InChI is InChI=1S/C20H26N2O2/c23-20(24)19(22-16-18-11-5-2-6-12-18)13-7-8-14-21-15-17-9-3-1-4-10-17/h1-6,9-12,19,21-22H,7-8,13-16H2,(H,23,24). The number of unbranched alkanes of at least 4 members (excludes halogenated alkanes) is 1. The van der Waals surface area contributed by atoms with Crippen LogP contribution < -0.4 is 10.6 Å². The Labute approximate surface area is 143 Å². The highest BCUT2D eigenvalue weighted by molar-refractivity contribution is 5.73. The number of carboxylic acid groups (broad SMARTS) is 1. The SMILES string of the molecule is O=C(O)C(CCCCNCc1ccccc1)NCc1ccccc1. The van der Waals surface area contributed by atoms with E-state index in [-0.39, 0.29) is 0 Å². The highest BCUT2D eigenvalue weighted by atomic mass is 16.4. The maximum Gasteiger partial charge on any atom is 0.320 e. The molecule has 4 heteroatoms. The van der Waals surface area contributed by atoms with Gasteiger partial charge in [-0.05, 0) is 30.5 Å². The molecule has 0 amide bonds. The Hall–Kier alpha value is -2.17. The van der Waals surface area contributed by atoms with Crippen LogP contribution >= 0.6 is 0 Å². The first-order chi connectivity index (χ1) is 11.8. The van der Waals surface area contributed by atoms with E-state index in [4.69, 9.17) is 0 Å². The number of carbonyl (C=O) groups is 1.